The Morgan fingerprint density at radius 2 is 1.61 bits per heavy atom. The molecular formula is C16H18ClN. The number of benzene rings is 2. The van der Waals surface area contributed by atoms with E-state index in [-0.39, 0.29) is 0 Å². The average Bonchev–Trinajstić information content (AvgIpc) is 2.40. The highest BCUT2D eigenvalue weighted by Gasteiger charge is 2.03. The normalized spacial score (nSPS) is 12.3. The standard InChI is InChI=1S/C16H18ClN/c1-13(11-14-7-9-16(17)10-8-14)18-12-15-5-3-2-4-6-15/h2-10,13,18H,11-12H2,1H3/t13-/m1/s1. The van der Waals surface area contributed by atoms with Crippen LogP contribution in [0.3, 0.4) is 0 Å². The van der Waals surface area contributed by atoms with Gasteiger partial charge in [-0.3, -0.25) is 0 Å². The fraction of sp³-hybridized carbons (Fsp3) is 0.250. The molecule has 0 aliphatic carbocycles. The van der Waals surface area contributed by atoms with E-state index in [1.54, 1.807) is 0 Å². The monoisotopic (exact) mass is 259 g/mol. The maximum Gasteiger partial charge on any atom is 0.0406 e. The molecule has 0 saturated carbocycles. The van der Waals surface area contributed by atoms with Crippen LogP contribution in [-0.2, 0) is 13.0 Å². The molecule has 0 radical (unpaired) electrons. The summed E-state index contributed by atoms with van der Waals surface area (Å²) in [6.45, 7) is 3.12. The van der Waals surface area contributed by atoms with E-state index in [1.807, 2.05) is 18.2 Å². The first kappa shape index (κ1) is 13.1. The molecule has 1 atom stereocenters. The summed E-state index contributed by atoms with van der Waals surface area (Å²) in [7, 11) is 0. The van der Waals surface area contributed by atoms with Gasteiger partial charge in [0.15, 0.2) is 0 Å². The predicted molar refractivity (Wildman–Crippen MR) is 77.9 cm³/mol. The number of hydrogen-bond acceptors (Lipinski definition) is 1. The number of rotatable bonds is 5. The number of halogens is 1. The molecule has 0 unspecified atom stereocenters. The van der Waals surface area contributed by atoms with Crippen molar-refractivity contribution in [3.8, 4) is 0 Å². The van der Waals surface area contributed by atoms with E-state index in [0.717, 1.165) is 18.0 Å². The minimum Gasteiger partial charge on any atom is -0.310 e. The summed E-state index contributed by atoms with van der Waals surface area (Å²) in [4.78, 5) is 0. The summed E-state index contributed by atoms with van der Waals surface area (Å²) in [5.41, 5.74) is 2.63. The molecule has 0 amide bonds. The van der Waals surface area contributed by atoms with Crippen LogP contribution >= 0.6 is 11.6 Å². The molecule has 18 heavy (non-hydrogen) atoms. The largest absolute Gasteiger partial charge is 0.310 e. The average molecular weight is 260 g/mol. The van der Waals surface area contributed by atoms with Gasteiger partial charge in [-0.1, -0.05) is 54.1 Å². The predicted octanol–water partition coefficient (Wildman–Crippen LogP) is 4.06. The smallest absolute Gasteiger partial charge is 0.0406 e. The minimum atomic E-state index is 0.450. The van der Waals surface area contributed by atoms with Gasteiger partial charge in [0.25, 0.3) is 0 Å². The van der Waals surface area contributed by atoms with Crippen molar-refractivity contribution in [3.63, 3.8) is 0 Å². The van der Waals surface area contributed by atoms with Crippen LogP contribution in [0, 0.1) is 0 Å². The lowest BCUT2D eigenvalue weighted by Gasteiger charge is -2.14. The molecule has 0 spiro atoms. The first-order chi connectivity index (χ1) is 8.74. The van der Waals surface area contributed by atoms with Gasteiger partial charge < -0.3 is 5.32 Å². The van der Waals surface area contributed by atoms with Crippen molar-refractivity contribution in [3.05, 3.63) is 70.7 Å². The highest BCUT2D eigenvalue weighted by atomic mass is 35.5. The van der Waals surface area contributed by atoms with Crippen LogP contribution in [0.25, 0.3) is 0 Å². The van der Waals surface area contributed by atoms with E-state index in [2.05, 4.69) is 48.6 Å². The first-order valence-corrected chi connectivity index (χ1v) is 6.63. The summed E-state index contributed by atoms with van der Waals surface area (Å²) in [6, 6.07) is 19.0. The molecule has 1 nitrogen and oxygen atoms in total. The van der Waals surface area contributed by atoms with Crippen LogP contribution in [0.2, 0.25) is 5.02 Å². The van der Waals surface area contributed by atoms with Gasteiger partial charge in [0.2, 0.25) is 0 Å². The van der Waals surface area contributed by atoms with Crippen molar-refractivity contribution in [2.75, 3.05) is 0 Å². The van der Waals surface area contributed by atoms with E-state index in [0.29, 0.717) is 6.04 Å². The molecule has 2 aromatic carbocycles. The van der Waals surface area contributed by atoms with Gasteiger partial charge in [0.05, 0.1) is 0 Å². The molecule has 0 bridgehead atoms. The summed E-state index contributed by atoms with van der Waals surface area (Å²) < 4.78 is 0. The Kier molecular flexibility index (Phi) is 4.80. The summed E-state index contributed by atoms with van der Waals surface area (Å²) >= 11 is 5.87. The van der Waals surface area contributed by atoms with Crippen LogP contribution in [0.5, 0.6) is 0 Å². The number of hydrogen-bond donors (Lipinski definition) is 1. The molecule has 1 N–H and O–H groups in total. The minimum absolute atomic E-state index is 0.450. The summed E-state index contributed by atoms with van der Waals surface area (Å²) in [5.74, 6) is 0. The van der Waals surface area contributed by atoms with E-state index in [4.69, 9.17) is 11.6 Å². The van der Waals surface area contributed by atoms with Crippen LogP contribution in [0.4, 0.5) is 0 Å². The third-order valence-corrected chi connectivity index (χ3v) is 3.20. The zero-order valence-electron chi connectivity index (χ0n) is 10.6. The Labute approximate surface area is 114 Å². The highest BCUT2D eigenvalue weighted by Crippen LogP contribution is 2.11. The molecule has 0 aliphatic rings. The maximum atomic E-state index is 5.87. The molecule has 2 heteroatoms. The zero-order valence-corrected chi connectivity index (χ0v) is 11.3. The van der Waals surface area contributed by atoms with Crippen LogP contribution < -0.4 is 5.32 Å². The van der Waals surface area contributed by atoms with Gasteiger partial charge >= 0.3 is 0 Å². The van der Waals surface area contributed by atoms with Gasteiger partial charge in [0, 0.05) is 17.6 Å². The molecule has 94 valence electrons. The van der Waals surface area contributed by atoms with Crippen LogP contribution in [0.15, 0.2) is 54.6 Å². The molecule has 2 aromatic rings. The SMILES string of the molecule is C[C@H](Cc1ccc(Cl)cc1)NCc1ccccc1. The summed E-state index contributed by atoms with van der Waals surface area (Å²) in [6.07, 6.45) is 1.02. The third-order valence-electron chi connectivity index (χ3n) is 2.95. The quantitative estimate of drug-likeness (QED) is 0.854. The second-order valence-corrected chi connectivity index (χ2v) is 5.03. The van der Waals surface area contributed by atoms with Crippen molar-refractivity contribution in [2.24, 2.45) is 0 Å². The second kappa shape index (κ2) is 6.58. The Hall–Kier alpha value is -1.31. The zero-order chi connectivity index (χ0) is 12.8. The van der Waals surface area contributed by atoms with Crippen molar-refractivity contribution in [1.29, 1.82) is 0 Å². The molecule has 0 aromatic heterocycles. The van der Waals surface area contributed by atoms with Crippen molar-refractivity contribution >= 4 is 11.6 Å². The van der Waals surface area contributed by atoms with Gasteiger partial charge in [0.1, 0.15) is 0 Å². The fourth-order valence-electron chi connectivity index (χ4n) is 1.93. The van der Waals surface area contributed by atoms with Gasteiger partial charge in [-0.2, -0.15) is 0 Å². The summed E-state index contributed by atoms with van der Waals surface area (Å²) in [5, 5.41) is 4.32. The molecule has 0 fully saturated rings. The fourth-order valence-corrected chi connectivity index (χ4v) is 2.06. The lowest BCUT2D eigenvalue weighted by Crippen LogP contribution is -2.27. The second-order valence-electron chi connectivity index (χ2n) is 4.60. The lowest BCUT2D eigenvalue weighted by atomic mass is 10.1. The Balaban J connectivity index is 1.82. The topological polar surface area (TPSA) is 12.0 Å². The third kappa shape index (κ3) is 4.17. The first-order valence-electron chi connectivity index (χ1n) is 6.26. The van der Waals surface area contributed by atoms with E-state index in [1.165, 1.54) is 11.1 Å². The van der Waals surface area contributed by atoms with Crippen molar-refractivity contribution in [2.45, 2.75) is 25.9 Å². The Morgan fingerprint density at radius 3 is 2.28 bits per heavy atom. The molecule has 2 rings (SSSR count). The number of nitrogens with one attached hydrogen (secondary N) is 1. The molecule has 0 aliphatic heterocycles. The molecule has 0 saturated heterocycles. The Bertz CT molecular complexity index is 464. The highest BCUT2D eigenvalue weighted by molar-refractivity contribution is 6.30. The van der Waals surface area contributed by atoms with E-state index < -0.39 is 0 Å². The van der Waals surface area contributed by atoms with Crippen molar-refractivity contribution in [1.82, 2.24) is 5.32 Å². The van der Waals surface area contributed by atoms with Gasteiger partial charge in [-0.25, -0.2) is 0 Å². The van der Waals surface area contributed by atoms with Crippen LogP contribution in [0.1, 0.15) is 18.1 Å². The van der Waals surface area contributed by atoms with E-state index in [9.17, 15) is 0 Å². The van der Waals surface area contributed by atoms with E-state index >= 15 is 0 Å². The lowest BCUT2D eigenvalue weighted by molar-refractivity contribution is 0.545. The Morgan fingerprint density at radius 1 is 0.944 bits per heavy atom. The van der Waals surface area contributed by atoms with Gasteiger partial charge in [-0.05, 0) is 36.6 Å². The maximum absolute atomic E-state index is 5.87. The van der Waals surface area contributed by atoms with Crippen molar-refractivity contribution < 1.29 is 0 Å². The van der Waals surface area contributed by atoms with Gasteiger partial charge in [-0.15, -0.1) is 0 Å². The molecular weight excluding hydrogens is 242 g/mol. The van der Waals surface area contributed by atoms with Crippen LogP contribution in [-0.4, -0.2) is 6.04 Å². The molecule has 0 heterocycles.